The second kappa shape index (κ2) is 14.3. The van der Waals surface area contributed by atoms with Crippen LogP contribution in [0.3, 0.4) is 0 Å². The number of hydrogen-bond acceptors (Lipinski definition) is 5. The molecule has 0 bridgehead atoms. The molecule has 1 aliphatic rings. The van der Waals surface area contributed by atoms with Crippen LogP contribution < -0.4 is 18.9 Å². The second-order valence-corrected chi connectivity index (χ2v) is 9.56. The molecular formula is C30H36Cl2O5. The van der Waals surface area contributed by atoms with E-state index in [9.17, 15) is 4.79 Å². The van der Waals surface area contributed by atoms with Crippen LogP contribution in [0.1, 0.15) is 70.9 Å². The largest absolute Gasteiger partial charge is 0.490 e. The fourth-order valence-electron chi connectivity index (χ4n) is 4.14. The lowest BCUT2D eigenvalue weighted by atomic mass is 9.87. The minimum Gasteiger partial charge on any atom is -0.490 e. The molecule has 1 fully saturated rings. The van der Waals surface area contributed by atoms with Gasteiger partial charge in [-0.05, 0) is 93.5 Å². The monoisotopic (exact) mass is 546 g/mol. The first kappa shape index (κ1) is 28.9. The maximum atomic E-state index is 13.4. The minimum absolute atomic E-state index is 0.0204. The Hall–Kier alpha value is -2.63. The first-order valence-electron chi connectivity index (χ1n) is 13.1. The van der Waals surface area contributed by atoms with Crippen LogP contribution in [0.5, 0.6) is 23.0 Å². The van der Waals surface area contributed by atoms with Crippen LogP contribution in [0.15, 0.2) is 35.4 Å². The van der Waals surface area contributed by atoms with Crippen molar-refractivity contribution in [2.75, 3.05) is 26.4 Å². The standard InChI is InChI=1S/C30H36Cl2O5/c1-5-12-36-29-24(31)16-20(18-26(29)34-7-3)14-22-10-9-11-23(28(22)33)15-21-17-25(32)30(37-13-6-2)27(19-21)35-8-4/h14-19H,5-13H2,1-4H3. The van der Waals surface area contributed by atoms with Crippen molar-refractivity contribution in [2.45, 2.75) is 59.8 Å². The van der Waals surface area contributed by atoms with Crippen LogP contribution in [0.25, 0.3) is 12.2 Å². The topological polar surface area (TPSA) is 54.0 Å². The van der Waals surface area contributed by atoms with Crippen LogP contribution in [-0.2, 0) is 4.79 Å². The molecule has 0 heterocycles. The molecular weight excluding hydrogens is 511 g/mol. The van der Waals surface area contributed by atoms with Crippen molar-refractivity contribution in [3.8, 4) is 23.0 Å². The molecule has 0 saturated heterocycles. The summed E-state index contributed by atoms with van der Waals surface area (Å²) in [6.07, 6.45) is 7.78. The van der Waals surface area contributed by atoms with Gasteiger partial charge in [0, 0.05) is 11.1 Å². The maximum Gasteiger partial charge on any atom is 0.185 e. The highest BCUT2D eigenvalue weighted by Crippen LogP contribution is 2.40. The summed E-state index contributed by atoms with van der Waals surface area (Å²) in [4.78, 5) is 13.4. The van der Waals surface area contributed by atoms with Gasteiger partial charge in [-0.1, -0.05) is 37.0 Å². The number of ketones is 1. The van der Waals surface area contributed by atoms with Gasteiger partial charge < -0.3 is 18.9 Å². The number of ether oxygens (including phenoxy) is 4. The Morgan fingerprint density at radius 3 is 1.51 bits per heavy atom. The normalized spacial score (nSPS) is 15.8. The van der Waals surface area contributed by atoms with E-state index in [2.05, 4.69) is 0 Å². The third kappa shape index (κ3) is 7.68. The van der Waals surface area contributed by atoms with Crippen LogP contribution in [0, 0.1) is 0 Å². The first-order valence-corrected chi connectivity index (χ1v) is 13.8. The van der Waals surface area contributed by atoms with E-state index in [1.165, 1.54) is 0 Å². The minimum atomic E-state index is 0.0204. The molecule has 0 aliphatic heterocycles. The Kier molecular flexibility index (Phi) is 11.2. The van der Waals surface area contributed by atoms with Crippen molar-refractivity contribution < 1.29 is 23.7 Å². The Balaban J connectivity index is 1.92. The smallest absolute Gasteiger partial charge is 0.185 e. The molecule has 0 atom stereocenters. The van der Waals surface area contributed by atoms with Gasteiger partial charge in [-0.3, -0.25) is 4.79 Å². The van der Waals surface area contributed by atoms with Crippen molar-refractivity contribution in [1.82, 2.24) is 0 Å². The molecule has 2 aromatic carbocycles. The molecule has 0 N–H and O–H groups in total. The summed E-state index contributed by atoms with van der Waals surface area (Å²) in [7, 11) is 0. The number of carbonyl (C=O) groups is 1. The van der Waals surface area contributed by atoms with Crippen molar-refractivity contribution >= 4 is 41.1 Å². The van der Waals surface area contributed by atoms with E-state index < -0.39 is 0 Å². The third-order valence-electron chi connectivity index (χ3n) is 5.72. The average molecular weight is 548 g/mol. The number of allylic oxidation sites excluding steroid dienone is 2. The summed E-state index contributed by atoms with van der Waals surface area (Å²) in [5, 5.41) is 0.933. The summed E-state index contributed by atoms with van der Waals surface area (Å²) in [6, 6.07) is 7.39. The van der Waals surface area contributed by atoms with E-state index in [4.69, 9.17) is 42.1 Å². The van der Waals surface area contributed by atoms with Crippen LogP contribution in [-0.4, -0.2) is 32.2 Å². The molecule has 0 amide bonds. The maximum absolute atomic E-state index is 13.4. The number of hydrogen-bond donors (Lipinski definition) is 0. The van der Waals surface area contributed by atoms with E-state index >= 15 is 0 Å². The van der Waals surface area contributed by atoms with E-state index in [1.54, 1.807) is 0 Å². The summed E-state index contributed by atoms with van der Waals surface area (Å²) in [6.45, 7) is 9.96. The molecule has 1 saturated carbocycles. The summed E-state index contributed by atoms with van der Waals surface area (Å²) in [5.74, 6) is 2.26. The molecule has 3 rings (SSSR count). The molecule has 200 valence electrons. The Morgan fingerprint density at radius 2 is 1.14 bits per heavy atom. The lowest BCUT2D eigenvalue weighted by molar-refractivity contribution is -0.112. The Labute approximate surface area is 230 Å². The number of benzene rings is 2. The summed E-state index contributed by atoms with van der Waals surface area (Å²) < 4.78 is 23.2. The predicted octanol–water partition coefficient (Wildman–Crippen LogP) is 8.59. The molecule has 5 nitrogen and oxygen atoms in total. The number of carbonyl (C=O) groups excluding carboxylic acids is 1. The summed E-state index contributed by atoms with van der Waals surface area (Å²) >= 11 is 13.1. The van der Waals surface area contributed by atoms with E-state index in [0.717, 1.165) is 41.5 Å². The zero-order valence-electron chi connectivity index (χ0n) is 22.1. The molecule has 7 heteroatoms. The van der Waals surface area contributed by atoms with Gasteiger partial charge in [0.1, 0.15) is 0 Å². The van der Waals surface area contributed by atoms with E-state index in [1.807, 2.05) is 64.1 Å². The van der Waals surface area contributed by atoms with E-state index in [-0.39, 0.29) is 5.78 Å². The number of rotatable bonds is 12. The number of halogens is 2. The molecule has 37 heavy (non-hydrogen) atoms. The number of Topliss-reactive ketones (excluding diaryl/α,β-unsaturated/α-hetero) is 1. The van der Waals surface area contributed by atoms with Gasteiger partial charge in [0.15, 0.2) is 28.8 Å². The van der Waals surface area contributed by atoms with Gasteiger partial charge in [-0.25, -0.2) is 0 Å². The Bertz CT molecular complexity index is 1070. The van der Waals surface area contributed by atoms with Crippen LogP contribution in [0.4, 0.5) is 0 Å². The lowest BCUT2D eigenvalue weighted by Gasteiger charge is -2.18. The fraction of sp³-hybridized carbons (Fsp3) is 0.433. The highest BCUT2D eigenvalue weighted by molar-refractivity contribution is 6.33. The van der Waals surface area contributed by atoms with Gasteiger partial charge in [-0.15, -0.1) is 0 Å². The van der Waals surface area contributed by atoms with Crippen molar-refractivity contribution in [3.05, 3.63) is 56.6 Å². The Morgan fingerprint density at radius 1 is 0.703 bits per heavy atom. The van der Waals surface area contributed by atoms with Crippen molar-refractivity contribution in [3.63, 3.8) is 0 Å². The molecule has 0 aromatic heterocycles. The van der Waals surface area contributed by atoms with Gasteiger partial charge in [-0.2, -0.15) is 0 Å². The zero-order chi connectivity index (χ0) is 26.8. The van der Waals surface area contributed by atoms with Crippen LogP contribution in [0.2, 0.25) is 10.0 Å². The molecule has 1 aliphatic carbocycles. The van der Waals surface area contributed by atoms with Gasteiger partial charge in [0.2, 0.25) is 0 Å². The van der Waals surface area contributed by atoms with Crippen molar-refractivity contribution in [1.29, 1.82) is 0 Å². The second-order valence-electron chi connectivity index (χ2n) is 8.74. The predicted molar refractivity (Wildman–Crippen MR) is 152 cm³/mol. The van der Waals surface area contributed by atoms with Gasteiger partial charge >= 0.3 is 0 Å². The quantitative estimate of drug-likeness (QED) is 0.249. The summed E-state index contributed by atoms with van der Waals surface area (Å²) in [5.41, 5.74) is 3.08. The highest BCUT2D eigenvalue weighted by Gasteiger charge is 2.22. The molecule has 2 aromatic rings. The zero-order valence-corrected chi connectivity index (χ0v) is 23.6. The third-order valence-corrected chi connectivity index (χ3v) is 6.28. The van der Waals surface area contributed by atoms with Gasteiger partial charge in [0.25, 0.3) is 0 Å². The van der Waals surface area contributed by atoms with Crippen LogP contribution >= 0.6 is 23.2 Å². The highest BCUT2D eigenvalue weighted by atomic mass is 35.5. The van der Waals surface area contributed by atoms with Gasteiger partial charge in [0.05, 0.1) is 36.5 Å². The fourth-order valence-corrected chi connectivity index (χ4v) is 4.68. The lowest BCUT2D eigenvalue weighted by Crippen LogP contribution is -2.12. The molecule has 0 radical (unpaired) electrons. The SMILES string of the molecule is CCCOc1c(Cl)cc(C=C2CCCC(=Cc3cc(Cl)c(OCCC)c(OCC)c3)C2=O)cc1OCC. The average Bonchev–Trinajstić information content (AvgIpc) is 2.86. The van der Waals surface area contributed by atoms with Crippen molar-refractivity contribution in [2.24, 2.45) is 0 Å². The molecule has 0 spiro atoms. The van der Waals surface area contributed by atoms with E-state index in [0.29, 0.717) is 72.3 Å². The first-order chi connectivity index (χ1) is 17.9. The molecule has 0 unspecified atom stereocenters.